The first-order valence-corrected chi connectivity index (χ1v) is 5.97. The Morgan fingerprint density at radius 2 is 1.87 bits per heavy atom. The average Bonchev–Trinajstić information content (AvgIpc) is 2.16. The maximum atomic E-state index is 5.12. The second kappa shape index (κ2) is 9.13. The molecule has 0 radical (unpaired) electrons. The van der Waals surface area contributed by atoms with E-state index in [1.807, 2.05) is 0 Å². The molecule has 15 heavy (non-hydrogen) atoms. The Morgan fingerprint density at radius 3 is 2.40 bits per heavy atom. The number of hydrogen-bond acceptors (Lipinski definition) is 3. The van der Waals surface area contributed by atoms with Crippen molar-refractivity contribution in [2.24, 2.45) is 5.92 Å². The maximum absolute atomic E-state index is 5.12. The lowest BCUT2D eigenvalue weighted by atomic mass is 10.1. The van der Waals surface area contributed by atoms with Crippen LogP contribution in [-0.2, 0) is 4.74 Å². The Hall–Kier alpha value is -0.120. The quantitative estimate of drug-likeness (QED) is 0.592. The molecule has 0 saturated carbocycles. The van der Waals surface area contributed by atoms with E-state index < -0.39 is 0 Å². The van der Waals surface area contributed by atoms with E-state index in [2.05, 4.69) is 38.0 Å². The zero-order valence-electron chi connectivity index (χ0n) is 11.0. The lowest BCUT2D eigenvalue weighted by molar-refractivity contribution is 0.116. The van der Waals surface area contributed by atoms with Gasteiger partial charge >= 0.3 is 0 Å². The second-order valence-corrected chi connectivity index (χ2v) is 4.72. The summed E-state index contributed by atoms with van der Waals surface area (Å²) in [6, 6.07) is 0.502. The largest absolute Gasteiger partial charge is 0.383 e. The lowest BCUT2D eigenvalue weighted by Crippen LogP contribution is -2.38. The minimum atomic E-state index is 0.502. The van der Waals surface area contributed by atoms with E-state index in [1.165, 1.54) is 6.42 Å². The molecule has 92 valence electrons. The zero-order chi connectivity index (χ0) is 11.7. The van der Waals surface area contributed by atoms with Crippen molar-refractivity contribution in [3.8, 4) is 0 Å². The van der Waals surface area contributed by atoms with Gasteiger partial charge in [-0.25, -0.2) is 0 Å². The molecule has 0 aromatic carbocycles. The van der Waals surface area contributed by atoms with Crippen LogP contribution in [0.25, 0.3) is 0 Å². The Balaban J connectivity index is 3.34. The number of hydrogen-bond donors (Lipinski definition) is 1. The first-order valence-electron chi connectivity index (χ1n) is 5.97. The molecule has 0 saturated heterocycles. The summed E-state index contributed by atoms with van der Waals surface area (Å²) in [6.07, 6.45) is 1.26. The van der Waals surface area contributed by atoms with Crippen molar-refractivity contribution in [1.82, 2.24) is 10.2 Å². The molecular weight excluding hydrogens is 188 g/mol. The van der Waals surface area contributed by atoms with Crippen LogP contribution in [0.5, 0.6) is 0 Å². The Morgan fingerprint density at radius 1 is 1.20 bits per heavy atom. The van der Waals surface area contributed by atoms with Crippen LogP contribution in [0.15, 0.2) is 0 Å². The molecule has 1 atom stereocenters. The first-order chi connectivity index (χ1) is 7.07. The molecule has 0 heterocycles. The lowest BCUT2D eigenvalue weighted by Gasteiger charge is -2.24. The summed E-state index contributed by atoms with van der Waals surface area (Å²) in [5.41, 5.74) is 0. The summed E-state index contributed by atoms with van der Waals surface area (Å²) in [6.45, 7) is 10.8. The SMILES string of the molecule is COCC(C)N(C)CCNCCC(C)C. The van der Waals surface area contributed by atoms with Gasteiger partial charge in [0.05, 0.1) is 6.61 Å². The fourth-order valence-electron chi connectivity index (χ4n) is 1.36. The van der Waals surface area contributed by atoms with Crippen molar-refractivity contribution in [2.45, 2.75) is 33.2 Å². The highest BCUT2D eigenvalue weighted by Gasteiger charge is 2.07. The van der Waals surface area contributed by atoms with Crippen molar-refractivity contribution in [3.05, 3.63) is 0 Å². The van der Waals surface area contributed by atoms with E-state index in [-0.39, 0.29) is 0 Å². The molecule has 0 fully saturated rings. The second-order valence-electron chi connectivity index (χ2n) is 4.72. The van der Waals surface area contributed by atoms with Crippen LogP contribution >= 0.6 is 0 Å². The molecule has 3 heteroatoms. The van der Waals surface area contributed by atoms with E-state index in [1.54, 1.807) is 7.11 Å². The zero-order valence-corrected chi connectivity index (χ0v) is 11.0. The van der Waals surface area contributed by atoms with Crippen LogP contribution in [0.3, 0.4) is 0 Å². The predicted molar refractivity (Wildman–Crippen MR) is 66.3 cm³/mol. The number of methoxy groups -OCH3 is 1. The number of nitrogens with one attached hydrogen (secondary N) is 1. The van der Waals surface area contributed by atoms with Gasteiger partial charge in [-0.2, -0.15) is 0 Å². The van der Waals surface area contributed by atoms with Crippen LogP contribution < -0.4 is 5.32 Å². The minimum Gasteiger partial charge on any atom is -0.383 e. The summed E-state index contributed by atoms with van der Waals surface area (Å²) in [5, 5.41) is 3.46. The number of rotatable bonds is 9. The summed E-state index contributed by atoms with van der Waals surface area (Å²) in [5.74, 6) is 0.794. The highest BCUT2D eigenvalue weighted by Crippen LogP contribution is 1.97. The van der Waals surface area contributed by atoms with Gasteiger partial charge in [0.1, 0.15) is 0 Å². The van der Waals surface area contributed by atoms with E-state index in [4.69, 9.17) is 4.74 Å². The van der Waals surface area contributed by atoms with Gasteiger partial charge in [0.2, 0.25) is 0 Å². The van der Waals surface area contributed by atoms with Gasteiger partial charge in [-0.05, 0) is 32.9 Å². The minimum absolute atomic E-state index is 0.502. The fraction of sp³-hybridized carbons (Fsp3) is 1.00. The summed E-state index contributed by atoms with van der Waals surface area (Å²) in [4.78, 5) is 2.33. The molecule has 0 amide bonds. The van der Waals surface area contributed by atoms with Gasteiger partial charge in [-0.3, -0.25) is 0 Å². The molecule has 0 aliphatic heterocycles. The standard InChI is InChI=1S/C12H28N2O/c1-11(2)6-7-13-8-9-14(4)12(3)10-15-5/h11-13H,6-10H2,1-5H3. The number of ether oxygens (including phenoxy) is 1. The molecular formula is C12H28N2O. The van der Waals surface area contributed by atoms with Crippen LogP contribution in [0.2, 0.25) is 0 Å². The fourth-order valence-corrected chi connectivity index (χ4v) is 1.36. The van der Waals surface area contributed by atoms with E-state index in [0.29, 0.717) is 6.04 Å². The van der Waals surface area contributed by atoms with Crippen molar-refractivity contribution in [2.75, 3.05) is 40.4 Å². The van der Waals surface area contributed by atoms with Gasteiger partial charge < -0.3 is 15.0 Å². The molecule has 0 aliphatic carbocycles. The Bertz CT molecular complexity index is 140. The van der Waals surface area contributed by atoms with Gasteiger partial charge in [0.15, 0.2) is 0 Å². The molecule has 1 unspecified atom stereocenters. The maximum Gasteiger partial charge on any atom is 0.0615 e. The van der Waals surface area contributed by atoms with Gasteiger partial charge in [0, 0.05) is 26.2 Å². The number of nitrogens with zero attached hydrogens (tertiary/aromatic N) is 1. The highest BCUT2D eigenvalue weighted by atomic mass is 16.5. The third kappa shape index (κ3) is 8.85. The van der Waals surface area contributed by atoms with Crippen LogP contribution in [-0.4, -0.2) is 51.3 Å². The molecule has 0 rings (SSSR count). The Kier molecular flexibility index (Phi) is 9.06. The van der Waals surface area contributed by atoms with Crippen molar-refractivity contribution in [1.29, 1.82) is 0 Å². The molecule has 0 aromatic heterocycles. The van der Waals surface area contributed by atoms with Crippen LogP contribution in [0, 0.1) is 5.92 Å². The molecule has 0 bridgehead atoms. The van der Waals surface area contributed by atoms with Crippen molar-refractivity contribution < 1.29 is 4.74 Å². The summed E-state index contributed by atoms with van der Waals surface area (Å²) >= 11 is 0. The third-order valence-electron chi connectivity index (χ3n) is 2.70. The molecule has 0 spiro atoms. The third-order valence-corrected chi connectivity index (χ3v) is 2.70. The normalized spacial score (nSPS) is 13.8. The van der Waals surface area contributed by atoms with Gasteiger partial charge in [-0.1, -0.05) is 13.8 Å². The Labute approximate surface area is 95.2 Å². The number of likely N-dealkylation sites (N-methyl/N-ethyl adjacent to an activating group) is 1. The molecule has 1 N–H and O–H groups in total. The highest BCUT2D eigenvalue weighted by molar-refractivity contribution is 4.63. The molecule has 3 nitrogen and oxygen atoms in total. The van der Waals surface area contributed by atoms with Crippen molar-refractivity contribution >= 4 is 0 Å². The van der Waals surface area contributed by atoms with Crippen LogP contribution in [0.4, 0.5) is 0 Å². The van der Waals surface area contributed by atoms with E-state index >= 15 is 0 Å². The summed E-state index contributed by atoms with van der Waals surface area (Å²) in [7, 11) is 3.90. The van der Waals surface area contributed by atoms with Gasteiger partial charge in [0.25, 0.3) is 0 Å². The average molecular weight is 216 g/mol. The first kappa shape index (κ1) is 14.9. The topological polar surface area (TPSA) is 24.5 Å². The van der Waals surface area contributed by atoms with Gasteiger partial charge in [-0.15, -0.1) is 0 Å². The predicted octanol–water partition coefficient (Wildman–Crippen LogP) is 1.59. The van der Waals surface area contributed by atoms with E-state index in [0.717, 1.165) is 32.2 Å². The molecule has 0 aliphatic rings. The molecule has 0 aromatic rings. The smallest absolute Gasteiger partial charge is 0.0615 e. The summed E-state index contributed by atoms with van der Waals surface area (Å²) < 4.78 is 5.12. The van der Waals surface area contributed by atoms with E-state index in [9.17, 15) is 0 Å². The monoisotopic (exact) mass is 216 g/mol. The van der Waals surface area contributed by atoms with Crippen LogP contribution in [0.1, 0.15) is 27.2 Å². The van der Waals surface area contributed by atoms with Crippen molar-refractivity contribution in [3.63, 3.8) is 0 Å².